The van der Waals surface area contributed by atoms with E-state index in [1.807, 2.05) is 0 Å². The average Bonchev–Trinajstić information content (AvgIpc) is 2.32. The first-order chi connectivity index (χ1) is 7.18. The van der Waals surface area contributed by atoms with Gasteiger partial charge in [-0.15, -0.1) is 0 Å². The van der Waals surface area contributed by atoms with Crippen LogP contribution >= 0.6 is 0 Å². The topological polar surface area (TPSA) is 0 Å². The first-order valence-electron chi connectivity index (χ1n) is 6.42. The summed E-state index contributed by atoms with van der Waals surface area (Å²) in [5.74, 6) is 0. The zero-order valence-electron chi connectivity index (χ0n) is 11.1. The van der Waals surface area contributed by atoms with E-state index >= 15 is 0 Å². The van der Waals surface area contributed by atoms with Crippen LogP contribution in [0.1, 0.15) is 58.8 Å². The van der Waals surface area contributed by atoms with Crippen molar-refractivity contribution in [3.8, 4) is 0 Å². The Labute approximate surface area is 106 Å². The van der Waals surface area contributed by atoms with Gasteiger partial charge in [-0.05, 0) is 0 Å². The molecule has 0 N–H and O–H groups in total. The molecule has 0 aromatic rings. The molecule has 0 aromatic carbocycles. The molecule has 1 atom stereocenters. The standard InChI is InChI=1S/C6H12.C4H9.C4H6.Li/c1-2-4-6-5-3-1;2*1-3-4-2;/h1-6H2;3H,4H2,1-2H3;3-4H,1-2H2;. The fraction of sp³-hybridized carbons (Fsp3) is 0.714. The Morgan fingerprint density at radius 2 is 1.20 bits per heavy atom. The summed E-state index contributed by atoms with van der Waals surface area (Å²) in [5, 5.41) is 0. The Kier molecular flexibility index (Phi) is 19.2. The second kappa shape index (κ2) is 16.5. The Bertz CT molecular complexity index is 106. The SMILES string of the molecule is C1CCCCC1.C=CC=C.[Li][CH](C)CC. The molecule has 0 nitrogen and oxygen atoms in total. The molecule has 0 radical (unpaired) electrons. The van der Waals surface area contributed by atoms with Crippen LogP contribution in [0.3, 0.4) is 0 Å². The van der Waals surface area contributed by atoms with E-state index in [0.29, 0.717) is 0 Å². The quantitative estimate of drug-likeness (QED) is 0.433. The molecule has 0 heterocycles. The van der Waals surface area contributed by atoms with E-state index in [4.69, 9.17) is 0 Å². The molecule has 1 aliphatic rings. The van der Waals surface area contributed by atoms with Crippen LogP contribution < -0.4 is 0 Å². The van der Waals surface area contributed by atoms with Gasteiger partial charge in [-0.3, -0.25) is 0 Å². The monoisotopic (exact) mass is 202 g/mol. The molecule has 0 aliphatic heterocycles. The zero-order chi connectivity index (χ0) is 11.9. The Balaban J connectivity index is 0. The third-order valence-corrected chi connectivity index (χ3v) is 2.48. The summed E-state index contributed by atoms with van der Waals surface area (Å²) in [7, 11) is 0. The van der Waals surface area contributed by atoms with Crippen LogP contribution in [0.2, 0.25) is 4.59 Å². The first kappa shape index (κ1) is 17.5. The molecule has 1 rings (SSSR count). The maximum absolute atomic E-state index is 3.36. The minimum atomic E-state index is 0.884. The molecule has 84 valence electrons. The molecular formula is C14H27Li. The molecule has 0 aromatic heterocycles. The number of hydrogen-bond donors (Lipinski definition) is 0. The van der Waals surface area contributed by atoms with Crippen molar-refractivity contribution in [3.05, 3.63) is 25.3 Å². The third-order valence-electron chi connectivity index (χ3n) is 2.48. The molecule has 1 saturated carbocycles. The third kappa shape index (κ3) is 24.9. The number of hydrogen-bond acceptors (Lipinski definition) is 0. The summed E-state index contributed by atoms with van der Waals surface area (Å²) in [6, 6.07) is 0. The second-order valence-corrected chi connectivity index (χ2v) is 4.39. The van der Waals surface area contributed by atoms with Crippen LogP contribution in [0.4, 0.5) is 0 Å². The predicted octanol–water partition coefficient (Wildman–Crippen LogP) is 5.07. The summed E-state index contributed by atoms with van der Waals surface area (Å²) in [4.78, 5) is 0. The fourth-order valence-corrected chi connectivity index (χ4v) is 1.06. The fourth-order valence-electron chi connectivity index (χ4n) is 1.06. The van der Waals surface area contributed by atoms with Gasteiger partial charge in [0, 0.05) is 0 Å². The summed E-state index contributed by atoms with van der Waals surface area (Å²) in [5.41, 5.74) is 0. The van der Waals surface area contributed by atoms with Gasteiger partial charge in [-0.2, -0.15) is 0 Å². The van der Waals surface area contributed by atoms with Crippen molar-refractivity contribution in [3.63, 3.8) is 0 Å². The van der Waals surface area contributed by atoms with Crippen molar-refractivity contribution in [2.45, 2.75) is 63.4 Å². The van der Waals surface area contributed by atoms with E-state index in [0.717, 1.165) is 4.59 Å². The molecule has 15 heavy (non-hydrogen) atoms. The first-order valence-corrected chi connectivity index (χ1v) is 6.42. The summed E-state index contributed by atoms with van der Waals surface area (Å²) >= 11 is 2.22. The van der Waals surface area contributed by atoms with E-state index < -0.39 is 0 Å². The van der Waals surface area contributed by atoms with Gasteiger partial charge < -0.3 is 0 Å². The van der Waals surface area contributed by atoms with Crippen LogP contribution in [-0.4, -0.2) is 17.7 Å². The number of allylic oxidation sites excluding steroid dienone is 2. The van der Waals surface area contributed by atoms with E-state index in [2.05, 4.69) is 44.7 Å². The minimum absolute atomic E-state index is 0.884. The maximum atomic E-state index is 3.36. The Morgan fingerprint density at radius 3 is 1.27 bits per heavy atom. The molecule has 0 amide bonds. The van der Waals surface area contributed by atoms with Gasteiger partial charge in [0.15, 0.2) is 0 Å². The van der Waals surface area contributed by atoms with E-state index in [1.54, 1.807) is 12.2 Å². The van der Waals surface area contributed by atoms with Crippen molar-refractivity contribution in [1.82, 2.24) is 0 Å². The van der Waals surface area contributed by atoms with Crippen LogP contribution in [0, 0.1) is 0 Å². The van der Waals surface area contributed by atoms with Crippen LogP contribution in [0.15, 0.2) is 25.3 Å². The van der Waals surface area contributed by atoms with Gasteiger partial charge in [0.2, 0.25) is 0 Å². The average molecular weight is 202 g/mol. The van der Waals surface area contributed by atoms with Crippen LogP contribution in [-0.2, 0) is 0 Å². The van der Waals surface area contributed by atoms with Gasteiger partial charge >= 0.3 is 42.6 Å². The Morgan fingerprint density at radius 1 is 1.00 bits per heavy atom. The number of rotatable bonds is 2. The van der Waals surface area contributed by atoms with Crippen LogP contribution in [0.5, 0.6) is 0 Å². The molecule has 1 fully saturated rings. The normalized spacial score (nSPS) is 16.0. The zero-order valence-corrected chi connectivity index (χ0v) is 11.1. The summed E-state index contributed by atoms with van der Waals surface area (Å²) in [6.45, 7) is 11.1. The van der Waals surface area contributed by atoms with Gasteiger partial charge in [0.05, 0.1) is 0 Å². The van der Waals surface area contributed by atoms with Gasteiger partial charge in [-0.25, -0.2) is 0 Å². The van der Waals surface area contributed by atoms with E-state index in [9.17, 15) is 0 Å². The molecule has 1 aliphatic carbocycles. The van der Waals surface area contributed by atoms with E-state index in [1.165, 1.54) is 44.9 Å². The molecular weight excluding hydrogens is 175 g/mol. The van der Waals surface area contributed by atoms with Gasteiger partial charge in [-0.1, -0.05) is 63.8 Å². The van der Waals surface area contributed by atoms with Gasteiger partial charge in [0.1, 0.15) is 0 Å². The molecule has 1 unspecified atom stereocenters. The van der Waals surface area contributed by atoms with E-state index in [-0.39, 0.29) is 0 Å². The second-order valence-electron chi connectivity index (χ2n) is 4.39. The van der Waals surface area contributed by atoms with Gasteiger partial charge in [0.25, 0.3) is 0 Å². The molecule has 0 saturated heterocycles. The molecule has 1 heteroatoms. The van der Waals surface area contributed by atoms with Crippen molar-refractivity contribution < 1.29 is 0 Å². The molecule has 0 spiro atoms. The summed E-state index contributed by atoms with van der Waals surface area (Å²) in [6.07, 6.45) is 13.6. The van der Waals surface area contributed by atoms with Crippen molar-refractivity contribution in [2.75, 3.05) is 0 Å². The predicted molar refractivity (Wildman–Crippen MR) is 73.6 cm³/mol. The van der Waals surface area contributed by atoms with Crippen molar-refractivity contribution in [1.29, 1.82) is 0 Å². The van der Waals surface area contributed by atoms with Crippen molar-refractivity contribution in [2.24, 2.45) is 0 Å². The molecule has 0 bridgehead atoms. The Hall–Kier alpha value is 0.0774. The van der Waals surface area contributed by atoms with Crippen LogP contribution in [0.25, 0.3) is 0 Å². The van der Waals surface area contributed by atoms with Crippen molar-refractivity contribution >= 4 is 17.7 Å². The summed E-state index contributed by atoms with van der Waals surface area (Å²) < 4.78 is 0.884.